The Morgan fingerprint density at radius 1 is 1.36 bits per heavy atom. The highest BCUT2D eigenvalue weighted by atomic mass is 79.9. The standard InChI is InChI=1S/C15H14BrN3O2.ClH/c1-21-14-6-5-13(16)9-12(14)10-17-18-15(20)11-19-7-3-2-4-8-19;/h2-10H,11H2,1H3;1H. The van der Waals surface area contributed by atoms with Crippen molar-refractivity contribution in [3.8, 4) is 5.75 Å². The van der Waals surface area contributed by atoms with Crippen LogP contribution in [0.4, 0.5) is 0 Å². The number of amides is 1. The van der Waals surface area contributed by atoms with Crippen LogP contribution in [0.3, 0.4) is 0 Å². The van der Waals surface area contributed by atoms with Crippen molar-refractivity contribution in [1.29, 1.82) is 0 Å². The zero-order valence-electron chi connectivity index (χ0n) is 11.9. The van der Waals surface area contributed by atoms with Crippen molar-refractivity contribution < 1.29 is 26.5 Å². The second-order valence-corrected chi connectivity index (χ2v) is 5.14. The van der Waals surface area contributed by atoms with Crippen molar-refractivity contribution >= 4 is 28.1 Å². The monoisotopic (exact) mass is 383 g/mol. The minimum absolute atomic E-state index is 0. The zero-order chi connectivity index (χ0) is 15.1. The van der Waals surface area contributed by atoms with E-state index in [1.807, 2.05) is 48.8 Å². The zero-order valence-corrected chi connectivity index (χ0v) is 14.2. The molecule has 0 bridgehead atoms. The first-order chi connectivity index (χ1) is 10.2. The van der Waals surface area contributed by atoms with Crippen LogP contribution in [0.5, 0.6) is 5.75 Å². The van der Waals surface area contributed by atoms with Crippen molar-refractivity contribution in [2.45, 2.75) is 6.54 Å². The molecule has 7 heteroatoms. The molecule has 0 atom stereocenters. The van der Waals surface area contributed by atoms with Crippen molar-refractivity contribution in [3.05, 3.63) is 58.8 Å². The number of carbonyl (C=O) groups is 1. The van der Waals surface area contributed by atoms with Gasteiger partial charge in [0.15, 0.2) is 12.4 Å². The minimum atomic E-state index is -0.198. The molecule has 1 aromatic heterocycles. The number of halogens is 2. The van der Waals surface area contributed by atoms with E-state index in [4.69, 9.17) is 4.74 Å². The number of hydrogen-bond acceptors (Lipinski definition) is 3. The molecule has 2 aromatic rings. The smallest absolute Gasteiger partial charge is 0.305 e. The van der Waals surface area contributed by atoms with E-state index in [-0.39, 0.29) is 24.9 Å². The molecule has 0 aliphatic carbocycles. The van der Waals surface area contributed by atoms with E-state index in [1.165, 1.54) is 0 Å². The molecule has 0 fully saturated rings. The molecular formula is C15H15BrClN3O2. The fraction of sp³-hybridized carbons (Fsp3) is 0.133. The number of nitrogens with zero attached hydrogens (tertiary/aromatic N) is 2. The highest BCUT2D eigenvalue weighted by Gasteiger charge is 2.07. The summed E-state index contributed by atoms with van der Waals surface area (Å²) in [7, 11) is 1.59. The highest BCUT2D eigenvalue weighted by Crippen LogP contribution is 2.21. The van der Waals surface area contributed by atoms with Gasteiger partial charge < -0.3 is 17.1 Å². The van der Waals surface area contributed by atoms with E-state index >= 15 is 0 Å². The van der Waals surface area contributed by atoms with Gasteiger partial charge in [0, 0.05) is 22.2 Å². The molecule has 116 valence electrons. The van der Waals surface area contributed by atoms with Gasteiger partial charge in [0.05, 0.1) is 13.3 Å². The van der Waals surface area contributed by atoms with Crippen LogP contribution in [0.15, 0.2) is 58.4 Å². The van der Waals surface area contributed by atoms with Gasteiger partial charge in [0.2, 0.25) is 6.54 Å². The Kier molecular flexibility index (Phi) is 7.56. The summed E-state index contributed by atoms with van der Waals surface area (Å²) in [6.07, 6.45) is 5.19. The quantitative estimate of drug-likeness (QED) is 0.404. The van der Waals surface area contributed by atoms with E-state index in [2.05, 4.69) is 26.5 Å². The number of rotatable bonds is 5. The normalized spacial score (nSPS) is 10.1. The van der Waals surface area contributed by atoms with Crippen molar-refractivity contribution in [1.82, 2.24) is 5.43 Å². The van der Waals surface area contributed by atoms with Crippen molar-refractivity contribution in [3.63, 3.8) is 0 Å². The van der Waals surface area contributed by atoms with E-state index < -0.39 is 0 Å². The van der Waals surface area contributed by atoms with Gasteiger partial charge in [0.25, 0.3) is 0 Å². The average molecular weight is 385 g/mol. The predicted molar refractivity (Wildman–Crippen MR) is 83.1 cm³/mol. The van der Waals surface area contributed by atoms with E-state index in [0.717, 1.165) is 10.0 Å². The maximum Gasteiger partial charge on any atom is 0.305 e. The Labute approximate surface area is 143 Å². The first-order valence-electron chi connectivity index (χ1n) is 6.28. The fourth-order valence-electron chi connectivity index (χ4n) is 1.72. The number of carbonyl (C=O) groups excluding carboxylic acids is 1. The number of benzene rings is 1. The average Bonchev–Trinajstić information content (AvgIpc) is 2.48. The number of nitrogens with one attached hydrogen (secondary N) is 1. The highest BCUT2D eigenvalue weighted by molar-refractivity contribution is 9.10. The molecule has 0 spiro atoms. The van der Waals surface area contributed by atoms with Crippen LogP contribution >= 0.6 is 15.9 Å². The summed E-state index contributed by atoms with van der Waals surface area (Å²) >= 11 is 3.38. The molecule has 0 aliphatic heterocycles. The topological polar surface area (TPSA) is 54.6 Å². The van der Waals surface area contributed by atoms with Crippen LogP contribution in [-0.2, 0) is 11.3 Å². The molecule has 1 N–H and O–H groups in total. The van der Waals surface area contributed by atoms with Gasteiger partial charge in [-0.05, 0) is 18.2 Å². The van der Waals surface area contributed by atoms with Gasteiger partial charge >= 0.3 is 5.91 Å². The van der Waals surface area contributed by atoms with Gasteiger partial charge in [-0.1, -0.05) is 22.0 Å². The summed E-state index contributed by atoms with van der Waals surface area (Å²) in [5.41, 5.74) is 3.27. The molecule has 1 heterocycles. The van der Waals surface area contributed by atoms with Gasteiger partial charge in [0.1, 0.15) is 5.75 Å². The molecule has 0 unspecified atom stereocenters. The molecule has 0 saturated carbocycles. The minimum Gasteiger partial charge on any atom is -1.00 e. The second-order valence-electron chi connectivity index (χ2n) is 4.23. The maximum atomic E-state index is 11.7. The van der Waals surface area contributed by atoms with Crippen LogP contribution < -0.4 is 27.1 Å². The van der Waals surface area contributed by atoms with Crippen LogP contribution in [0.2, 0.25) is 0 Å². The Morgan fingerprint density at radius 2 is 2.09 bits per heavy atom. The second kappa shape index (κ2) is 9.17. The van der Waals surface area contributed by atoms with Gasteiger partial charge in [-0.25, -0.2) is 5.43 Å². The molecule has 0 saturated heterocycles. The third-order valence-corrected chi connectivity index (χ3v) is 3.18. The van der Waals surface area contributed by atoms with Crippen LogP contribution in [0.1, 0.15) is 5.56 Å². The van der Waals surface area contributed by atoms with Crippen LogP contribution in [-0.4, -0.2) is 19.2 Å². The molecule has 1 amide bonds. The summed E-state index contributed by atoms with van der Waals surface area (Å²) in [4.78, 5) is 11.7. The van der Waals surface area contributed by atoms with E-state index in [0.29, 0.717) is 5.75 Å². The fourth-order valence-corrected chi connectivity index (χ4v) is 2.10. The molecule has 0 radical (unpaired) electrons. The summed E-state index contributed by atoms with van der Waals surface area (Å²) in [6.45, 7) is 0.216. The lowest BCUT2D eigenvalue weighted by atomic mass is 10.2. The lowest BCUT2D eigenvalue weighted by Gasteiger charge is -2.04. The number of aromatic nitrogens is 1. The van der Waals surface area contributed by atoms with Gasteiger partial charge in [-0.3, -0.25) is 4.79 Å². The Balaban J connectivity index is 0.00000242. The number of methoxy groups -OCH3 is 1. The molecule has 22 heavy (non-hydrogen) atoms. The lowest BCUT2D eigenvalue weighted by molar-refractivity contribution is -0.684. The molecule has 0 aliphatic rings. The predicted octanol–water partition coefficient (Wildman–Crippen LogP) is -1.10. The summed E-state index contributed by atoms with van der Waals surface area (Å²) in [6, 6.07) is 11.2. The molecular weight excluding hydrogens is 370 g/mol. The first kappa shape index (κ1) is 18.1. The Morgan fingerprint density at radius 3 is 2.77 bits per heavy atom. The number of hydrazone groups is 1. The molecule has 2 rings (SSSR count). The first-order valence-corrected chi connectivity index (χ1v) is 7.08. The SMILES string of the molecule is COc1ccc(Br)cc1C=NNC(=O)C[n+]1ccccc1.[Cl-]. The lowest BCUT2D eigenvalue weighted by Crippen LogP contribution is -3.00. The van der Waals surface area contributed by atoms with Crippen LogP contribution in [0.25, 0.3) is 0 Å². The van der Waals surface area contributed by atoms with Crippen molar-refractivity contribution in [2.24, 2.45) is 5.10 Å². The maximum absolute atomic E-state index is 11.7. The van der Waals surface area contributed by atoms with Crippen molar-refractivity contribution in [2.75, 3.05) is 7.11 Å². The van der Waals surface area contributed by atoms with Gasteiger partial charge in [-0.2, -0.15) is 9.67 Å². The third kappa shape index (κ3) is 5.46. The van der Waals surface area contributed by atoms with E-state index in [9.17, 15) is 4.79 Å². The largest absolute Gasteiger partial charge is 1.00 e. The summed E-state index contributed by atoms with van der Waals surface area (Å²) in [5.74, 6) is 0.491. The number of ether oxygens (including phenoxy) is 1. The summed E-state index contributed by atoms with van der Waals surface area (Å²) < 4.78 is 7.91. The Bertz CT molecular complexity index is 650. The Hall–Kier alpha value is -1.92. The molecule has 1 aromatic carbocycles. The van der Waals surface area contributed by atoms with Crippen LogP contribution in [0, 0.1) is 0 Å². The van der Waals surface area contributed by atoms with E-state index in [1.54, 1.807) is 17.9 Å². The van der Waals surface area contributed by atoms with Gasteiger partial charge in [-0.15, -0.1) is 0 Å². The molecule has 5 nitrogen and oxygen atoms in total. The number of hydrogen-bond donors (Lipinski definition) is 1. The third-order valence-electron chi connectivity index (χ3n) is 2.69. The number of pyridine rings is 1. The summed E-state index contributed by atoms with van der Waals surface area (Å²) in [5, 5.41) is 3.95.